The van der Waals surface area contributed by atoms with E-state index in [9.17, 15) is 4.79 Å². The van der Waals surface area contributed by atoms with Crippen molar-refractivity contribution in [2.45, 2.75) is 57.9 Å². The van der Waals surface area contributed by atoms with E-state index >= 15 is 0 Å². The van der Waals surface area contributed by atoms with Crippen LogP contribution in [-0.2, 0) is 11.2 Å². The molecule has 4 nitrogen and oxygen atoms in total. The Kier molecular flexibility index (Phi) is 10.1. The molecule has 0 atom stereocenters. The highest BCUT2D eigenvalue weighted by molar-refractivity contribution is 5.76. The topological polar surface area (TPSA) is 36.4 Å². The summed E-state index contributed by atoms with van der Waals surface area (Å²) < 4.78 is 0. The number of nitrogens with zero attached hydrogens (tertiary/aromatic N) is 3. The largest absolute Gasteiger partial charge is 0.343 e. The number of amides is 1. The quantitative estimate of drug-likeness (QED) is 0.275. The number of hydrogen-bond acceptors (Lipinski definition) is 3. The average molecular weight is 484 g/mol. The van der Waals surface area contributed by atoms with Crippen LogP contribution in [0.3, 0.4) is 0 Å². The first-order valence-electron chi connectivity index (χ1n) is 13.7. The second kappa shape index (κ2) is 13.9. The van der Waals surface area contributed by atoms with E-state index in [-0.39, 0.29) is 5.91 Å². The molecule has 1 saturated heterocycles. The lowest BCUT2D eigenvalue weighted by Crippen LogP contribution is -2.37. The molecule has 4 heteroatoms. The zero-order valence-corrected chi connectivity index (χ0v) is 21.8. The summed E-state index contributed by atoms with van der Waals surface area (Å²) >= 11 is 0. The van der Waals surface area contributed by atoms with E-state index in [1.807, 2.05) is 23.2 Å². The number of aryl methyl sites for hydroxylation is 1. The van der Waals surface area contributed by atoms with Crippen molar-refractivity contribution in [1.82, 2.24) is 14.8 Å². The number of unbranched alkanes of at least 4 members (excludes halogenated alkanes) is 1. The average Bonchev–Trinajstić information content (AvgIpc) is 2.94. The number of carbonyl (C=O) groups excluding carboxylic acids is 1. The molecule has 0 saturated carbocycles. The van der Waals surface area contributed by atoms with Gasteiger partial charge < -0.3 is 4.90 Å². The standard InChI is InChI=1S/C32H41N3O/c1-2-34(31(36)19-18-28-13-11-22-33-26-28)23-10-9-12-27-20-24-35(25-21-27)32(29-14-5-3-6-15-29)30-16-7-4-8-17-30/h3-8,11,13-17,22,26-27,32H,2,9-10,12,18-21,23-25H2,1H3. The number of likely N-dealkylation sites (tertiary alicyclic amines) is 1. The van der Waals surface area contributed by atoms with Crippen LogP contribution in [-0.4, -0.2) is 46.9 Å². The number of piperidine rings is 1. The molecule has 1 aliphatic heterocycles. The fourth-order valence-electron chi connectivity index (χ4n) is 5.53. The number of benzene rings is 2. The molecule has 2 heterocycles. The predicted molar refractivity (Wildman–Crippen MR) is 148 cm³/mol. The van der Waals surface area contributed by atoms with Crippen LogP contribution < -0.4 is 0 Å². The Hall–Kier alpha value is -2.98. The van der Waals surface area contributed by atoms with Gasteiger partial charge in [0, 0.05) is 31.9 Å². The van der Waals surface area contributed by atoms with Crippen molar-refractivity contribution < 1.29 is 4.79 Å². The normalized spacial score (nSPS) is 14.7. The number of aromatic nitrogens is 1. The van der Waals surface area contributed by atoms with Gasteiger partial charge in [0.25, 0.3) is 0 Å². The van der Waals surface area contributed by atoms with Crippen molar-refractivity contribution in [3.8, 4) is 0 Å². The second-order valence-corrected chi connectivity index (χ2v) is 10.0. The summed E-state index contributed by atoms with van der Waals surface area (Å²) in [6.07, 6.45) is 11.1. The van der Waals surface area contributed by atoms with Crippen LogP contribution in [0.1, 0.15) is 68.2 Å². The molecular weight excluding hydrogens is 442 g/mol. The third-order valence-electron chi connectivity index (χ3n) is 7.62. The van der Waals surface area contributed by atoms with Gasteiger partial charge in [-0.3, -0.25) is 14.7 Å². The van der Waals surface area contributed by atoms with Crippen molar-refractivity contribution in [3.05, 3.63) is 102 Å². The number of hydrogen-bond donors (Lipinski definition) is 0. The summed E-state index contributed by atoms with van der Waals surface area (Å²) in [6, 6.07) is 26.2. The molecule has 0 aliphatic carbocycles. The van der Waals surface area contributed by atoms with Gasteiger partial charge in [-0.15, -0.1) is 0 Å². The highest BCUT2D eigenvalue weighted by Gasteiger charge is 2.27. The molecule has 3 aromatic rings. The molecule has 190 valence electrons. The van der Waals surface area contributed by atoms with Gasteiger partial charge in [0.1, 0.15) is 0 Å². The van der Waals surface area contributed by atoms with Crippen molar-refractivity contribution in [3.63, 3.8) is 0 Å². The molecule has 36 heavy (non-hydrogen) atoms. The van der Waals surface area contributed by atoms with Crippen molar-refractivity contribution in [2.24, 2.45) is 5.92 Å². The molecule has 1 aromatic heterocycles. The minimum absolute atomic E-state index is 0.266. The third-order valence-corrected chi connectivity index (χ3v) is 7.62. The van der Waals surface area contributed by atoms with Gasteiger partial charge in [-0.2, -0.15) is 0 Å². The van der Waals surface area contributed by atoms with Crippen LogP contribution in [0.25, 0.3) is 0 Å². The van der Waals surface area contributed by atoms with E-state index in [2.05, 4.69) is 77.5 Å². The van der Waals surface area contributed by atoms with Crippen molar-refractivity contribution in [2.75, 3.05) is 26.2 Å². The van der Waals surface area contributed by atoms with Gasteiger partial charge in [-0.1, -0.05) is 79.6 Å². The minimum Gasteiger partial charge on any atom is -0.343 e. The Labute approximate surface area is 217 Å². The smallest absolute Gasteiger partial charge is 0.222 e. The maximum Gasteiger partial charge on any atom is 0.222 e. The summed E-state index contributed by atoms with van der Waals surface area (Å²) in [7, 11) is 0. The first kappa shape index (κ1) is 26.1. The molecular formula is C32H41N3O. The summed E-state index contributed by atoms with van der Waals surface area (Å²) in [5.41, 5.74) is 3.90. The molecule has 0 bridgehead atoms. The number of carbonyl (C=O) groups is 1. The van der Waals surface area contributed by atoms with E-state index in [0.717, 1.165) is 50.5 Å². The Morgan fingerprint density at radius 3 is 2.19 bits per heavy atom. The van der Waals surface area contributed by atoms with E-state index in [4.69, 9.17) is 0 Å². The minimum atomic E-state index is 0.266. The Morgan fingerprint density at radius 1 is 0.944 bits per heavy atom. The van der Waals surface area contributed by atoms with Gasteiger partial charge in [0.2, 0.25) is 5.91 Å². The van der Waals surface area contributed by atoms with E-state index in [1.165, 1.54) is 36.8 Å². The highest BCUT2D eigenvalue weighted by atomic mass is 16.2. The van der Waals surface area contributed by atoms with E-state index < -0.39 is 0 Å². The molecule has 0 unspecified atom stereocenters. The molecule has 1 amide bonds. The molecule has 2 aromatic carbocycles. The van der Waals surface area contributed by atoms with Crippen LogP contribution >= 0.6 is 0 Å². The zero-order chi connectivity index (χ0) is 25.0. The van der Waals surface area contributed by atoms with Crippen LogP contribution in [0.15, 0.2) is 85.2 Å². The number of pyridine rings is 1. The van der Waals surface area contributed by atoms with Crippen LogP contribution in [0.4, 0.5) is 0 Å². The lowest BCUT2D eigenvalue weighted by Gasteiger charge is -2.38. The van der Waals surface area contributed by atoms with Crippen molar-refractivity contribution >= 4 is 5.91 Å². The Morgan fingerprint density at radius 2 is 1.61 bits per heavy atom. The van der Waals surface area contributed by atoms with Gasteiger partial charge >= 0.3 is 0 Å². The maximum atomic E-state index is 12.7. The lowest BCUT2D eigenvalue weighted by molar-refractivity contribution is -0.131. The molecule has 0 radical (unpaired) electrons. The fraction of sp³-hybridized carbons (Fsp3) is 0.438. The molecule has 0 spiro atoms. The van der Waals surface area contributed by atoms with Gasteiger partial charge in [0.05, 0.1) is 6.04 Å². The molecule has 1 fully saturated rings. The Bertz CT molecular complexity index is 978. The zero-order valence-electron chi connectivity index (χ0n) is 21.8. The molecule has 1 aliphatic rings. The van der Waals surface area contributed by atoms with Gasteiger partial charge in [-0.25, -0.2) is 0 Å². The molecule has 0 N–H and O–H groups in total. The van der Waals surface area contributed by atoms with Crippen LogP contribution in [0.2, 0.25) is 0 Å². The third kappa shape index (κ3) is 7.51. The van der Waals surface area contributed by atoms with Crippen LogP contribution in [0, 0.1) is 5.92 Å². The first-order chi connectivity index (χ1) is 17.7. The van der Waals surface area contributed by atoms with Crippen molar-refractivity contribution in [1.29, 1.82) is 0 Å². The maximum absolute atomic E-state index is 12.7. The van der Waals surface area contributed by atoms with Crippen LogP contribution in [0.5, 0.6) is 0 Å². The molecule has 4 rings (SSSR count). The fourth-order valence-corrected chi connectivity index (χ4v) is 5.53. The van der Waals surface area contributed by atoms with Gasteiger partial charge in [0.15, 0.2) is 0 Å². The summed E-state index contributed by atoms with van der Waals surface area (Å²) in [6.45, 7) is 6.06. The Balaban J connectivity index is 1.20. The predicted octanol–water partition coefficient (Wildman–Crippen LogP) is 6.53. The second-order valence-electron chi connectivity index (χ2n) is 10.0. The first-order valence-corrected chi connectivity index (χ1v) is 13.7. The van der Waals surface area contributed by atoms with E-state index in [1.54, 1.807) is 6.20 Å². The lowest BCUT2D eigenvalue weighted by atomic mass is 9.88. The summed E-state index contributed by atoms with van der Waals surface area (Å²) in [5.74, 6) is 1.06. The summed E-state index contributed by atoms with van der Waals surface area (Å²) in [4.78, 5) is 21.5. The highest BCUT2D eigenvalue weighted by Crippen LogP contribution is 2.33. The monoisotopic (exact) mass is 483 g/mol. The number of rotatable bonds is 12. The summed E-state index contributed by atoms with van der Waals surface area (Å²) in [5, 5.41) is 0. The SMILES string of the molecule is CCN(CCCCC1CCN(C(c2ccccc2)c2ccccc2)CC1)C(=O)CCc1cccnc1. The van der Waals surface area contributed by atoms with E-state index in [0.29, 0.717) is 12.5 Å². The van der Waals surface area contributed by atoms with Gasteiger partial charge in [-0.05, 0) is 74.4 Å².